The number of allylic oxidation sites excluding steroid dienone is 2. The zero-order chi connectivity index (χ0) is 39.5. The SMILES string of the molecule is C=Cc1ccc(N2C(=O)C3CC=C4C(CC5C(=O)N(c6cc(-c7sc8ccc(Cl)cc8c7C)nn6C)C(=O)C5(C)C4c4cc(Cl)c(O)c(OC)c4)C3C2=O)cc1. The number of anilines is 2. The predicted molar refractivity (Wildman–Crippen MR) is 217 cm³/mol. The van der Waals surface area contributed by atoms with Gasteiger partial charge in [-0.2, -0.15) is 5.10 Å². The molecular formula is C43H36Cl2N4O6S. The molecule has 6 atom stereocenters. The van der Waals surface area contributed by atoms with Gasteiger partial charge in [0.1, 0.15) is 11.5 Å². The van der Waals surface area contributed by atoms with Crippen LogP contribution in [-0.2, 0) is 26.2 Å². The number of hydrogen-bond donors (Lipinski definition) is 1. The first-order valence-electron chi connectivity index (χ1n) is 18.3. The number of aryl methyl sites for hydroxylation is 2. The maximum absolute atomic E-state index is 15.2. The summed E-state index contributed by atoms with van der Waals surface area (Å²) >= 11 is 14.5. The summed E-state index contributed by atoms with van der Waals surface area (Å²) in [5.41, 5.74) is 2.90. The highest BCUT2D eigenvalue weighted by molar-refractivity contribution is 7.22. The second-order valence-electron chi connectivity index (χ2n) is 15.2. The van der Waals surface area contributed by atoms with Crippen molar-refractivity contribution in [3.05, 3.63) is 106 Å². The van der Waals surface area contributed by atoms with Gasteiger partial charge in [0.05, 0.1) is 45.9 Å². The molecule has 2 aliphatic carbocycles. The number of methoxy groups -OCH3 is 1. The number of phenolic OH excluding ortho intramolecular Hbond substituents is 1. The molecule has 3 fully saturated rings. The van der Waals surface area contributed by atoms with Crippen LogP contribution >= 0.6 is 34.5 Å². The summed E-state index contributed by atoms with van der Waals surface area (Å²) < 4.78 is 8.09. The van der Waals surface area contributed by atoms with Crippen molar-refractivity contribution >= 4 is 85.8 Å². The number of halogens is 2. The van der Waals surface area contributed by atoms with Crippen molar-refractivity contribution in [1.82, 2.24) is 9.78 Å². The molecule has 284 valence electrons. The average molecular weight is 808 g/mol. The van der Waals surface area contributed by atoms with Gasteiger partial charge in [0.15, 0.2) is 11.5 Å². The number of phenols is 1. The van der Waals surface area contributed by atoms with E-state index in [1.54, 1.807) is 78.5 Å². The molecule has 10 nitrogen and oxygen atoms in total. The molecule has 2 aromatic heterocycles. The Balaban J connectivity index is 1.16. The van der Waals surface area contributed by atoms with Crippen LogP contribution in [0.15, 0.2) is 78.9 Å². The Hall–Kier alpha value is -5.23. The summed E-state index contributed by atoms with van der Waals surface area (Å²) in [6, 6.07) is 17.8. The van der Waals surface area contributed by atoms with Crippen molar-refractivity contribution in [3.63, 3.8) is 0 Å². The molecule has 5 aromatic rings. The van der Waals surface area contributed by atoms with Crippen LogP contribution in [0.4, 0.5) is 11.5 Å². The minimum absolute atomic E-state index is 0.0158. The topological polar surface area (TPSA) is 122 Å². The van der Waals surface area contributed by atoms with E-state index in [1.807, 2.05) is 31.2 Å². The molecule has 4 heterocycles. The Morgan fingerprint density at radius 2 is 1.73 bits per heavy atom. The van der Waals surface area contributed by atoms with Crippen LogP contribution in [0.5, 0.6) is 11.5 Å². The lowest BCUT2D eigenvalue weighted by molar-refractivity contribution is -0.131. The van der Waals surface area contributed by atoms with E-state index >= 15 is 4.79 Å². The number of rotatable bonds is 6. The summed E-state index contributed by atoms with van der Waals surface area (Å²) in [5, 5.41) is 17.2. The number of benzene rings is 3. The number of thiophene rings is 1. The van der Waals surface area contributed by atoms with Crippen LogP contribution in [-0.4, -0.2) is 45.6 Å². The molecule has 1 saturated carbocycles. The molecule has 0 bridgehead atoms. The number of aromatic hydroxyl groups is 1. The molecule has 13 heteroatoms. The zero-order valence-electron chi connectivity index (χ0n) is 30.9. The van der Waals surface area contributed by atoms with Crippen LogP contribution in [0.25, 0.3) is 26.7 Å². The third-order valence-electron chi connectivity index (χ3n) is 12.5. The van der Waals surface area contributed by atoms with E-state index in [-0.39, 0.29) is 41.2 Å². The second kappa shape index (κ2) is 12.9. The highest BCUT2D eigenvalue weighted by atomic mass is 35.5. The first-order chi connectivity index (χ1) is 26.8. The number of fused-ring (bicyclic) bond motifs is 5. The summed E-state index contributed by atoms with van der Waals surface area (Å²) in [6.45, 7) is 7.59. The van der Waals surface area contributed by atoms with E-state index in [0.29, 0.717) is 27.8 Å². The Kier molecular flexibility index (Phi) is 8.39. The smallest absolute Gasteiger partial charge is 0.242 e. The van der Waals surface area contributed by atoms with Crippen molar-refractivity contribution in [3.8, 4) is 22.1 Å². The molecule has 0 spiro atoms. The molecule has 56 heavy (non-hydrogen) atoms. The Labute approximate surface area is 336 Å². The minimum atomic E-state index is -1.35. The fourth-order valence-corrected chi connectivity index (χ4v) is 11.3. The van der Waals surface area contributed by atoms with E-state index in [2.05, 4.69) is 6.58 Å². The monoisotopic (exact) mass is 806 g/mol. The third kappa shape index (κ3) is 5.03. The van der Waals surface area contributed by atoms with Gasteiger partial charge in [-0.05, 0) is 97.1 Å². The van der Waals surface area contributed by atoms with Gasteiger partial charge in [-0.3, -0.25) is 28.8 Å². The van der Waals surface area contributed by atoms with Gasteiger partial charge in [0.2, 0.25) is 23.6 Å². The molecule has 2 saturated heterocycles. The molecule has 1 N–H and O–H groups in total. The number of ether oxygens (including phenoxy) is 1. The molecule has 0 radical (unpaired) electrons. The number of carbonyl (C=O) groups excluding carboxylic acids is 4. The first kappa shape index (κ1) is 36.4. The maximum Gasteiger partial charge on any atom is 0.242 e. The summed E-state index contributed by atoms with van der Waals surface area (Å²) in [4.78, 5) is 62.1. The van der Waals surface area contributed by atoms with Gasteiger partial charge in [0.25, 0.3) is 0 Å². The van der Waals surface area contributed by atoms with Crippen molar-refractivity contribution in [2.75, 3.05) is 16.9 Å². The van der Waals surface area contributed by atoms with Gasteiger partial charge >= 0.3 is 0 Å². The lowest BCUT2D eigenvalue weighted by Crippen LogP contribution is -2.49. The molecule has 3 aromatic carbocycles. The maximum atomic E-state index is 15.2. The largest absolute Gasteiger partial charge is 0.503 e. The van der Waals surface area contributed by atoms with Crippen molar-refractivity contribution in [2.24, 2.45) is 36.1 Å². The molecule has 4 amide bonds. The standard InChI is InChI=1S/C43H36Cl2N4O6S/c1-6-21-7-10-24(11-8-21)48-39(51)26-13-12-25-28(35(26)41(48)53)18-29-40(52)49(42(54)43(29,3)36(25)22-15-30(45)37(50)32(16-22)55-5)34-19-31(46-47(34)4)38-20(2)27-17-23(44)9-14-33(27)56-38/h6-12,14-17,19,26,28-29,35-36,50H,1,13,18H2,2-5H3. The summed E-state index contributed by atoms with van der Waals surface area (Å²) in [7, 11) is 3.11. The average Bonchev–Trinajstić information content (AvgIpc) is 3.86. The van der Waals surface area contributed by atoms with Gasteiger partial charge < -0.3 is 9.84 Å². The van der Waals surface area contributed by atoms with Gasteiger partial charge in [-0.1, -0.05) is 59.6 Å². The fourth-order valence-electron chi connectivity index (χ4n) is 9.76. The lowest BCUT2D eigenvalue weighted by atomic mass is 9.51. The van der Waals surface area contributed by atoms with Crippen LogP contribution in [0.2, 0.25) is 10.0 Å². The normalized spacial score (nSPS) is 25.8. The predicted octanol–water partition coefficient (Wildman–Crippen LogP) is 8.71. The zero-order valence-corrected chi connectivity index (χ0v) is 33.2. The van der Waals surface area contributed by atoms with Crippen molar-refractivity contribution in [2.45, 2.75) is 32.6 Å². The van der Waals surface area contributed by atoms with Crippen LogP contribution in [0.3, 0.4) is 0 Å². The van der Waals surface area contributed by atoms with Gasteiger partial charge in [-0.25, -0.2) is 4.90 Å². The highest BCUT2D eigenvalue weighted by Gasteiger charge is 2.68. The van der Waals surface area contributed by atoms with Crippen molar-refractivity contribution < 1.29 is 29.0 Å². The van der Waals surface area contributed by atoms with E-state index in [9.17, 15) is 19.5 Å². The van der Waals surface area contributed by atoms with E-state index < -0.39 is 46.8 Å². The van der Waals surface area contributed by atoms with Crippen LogP contribution in [0.1, 0.15) is 42.4 Å². The number of carbonyl (C=O) groups is 4. The number of aromatic nitrogens is 2. The second-order valence-corrected chi connectivity index (χ2v) is 17.1. The minimum Gasteiger partial charge on any atom is -0.503 e. The van der Waals surface area contributed by atoms with Crippen molar-refractivity contribution in [1.29, 1.82) is 0 Å². The third-order valence-corrected chi connectivity index (χ3v) is 14.3. The Morgan fingerprint density at radius 3 is 2.45 bits per heavy atom. The van der Waals surface area contributed by atoms with E-state index in [4.69, 9.17) is 33.0 Å². The highest BCUT2D eigenvalue weighted by Crippen LogP contribution is 2.64. The summed E-state index contributed by atoms with van der Waals surface area (Å²) in [5.74, 6) is -4.87. The summed E-state index contributed by atoms with van der Waals surface area (Å²) in [6.07, 6.45) is 4.11. The number of imide groups is 2. The molecule has 6 unspecified atom stereocenters. The van der Waals surface area contributed by atoms with E-state index in [1.165, 1.54) is 16.9 Å². The quantitative estimate of drug-likeness (QED) is 0.135. The Morgan fingerprint density at radius 1 is 0.982 bits per heavy atom. The first-order valence-corrected chi connectivity index (χ1v) is 19.8. The molecular weight excluding hydrogens is 771 g/mol. The number of amides is 4. The number of nitrogens with zero attached hydrogens (tertiary/aromatic N) is 4. The number of hydrogen-bond acceptors (Lipinski definition) is 8. The lowest BCUT2D eigenvalue weighted by Gasteiger charge is -2.49. The molecule has 2 aliphatic heterocycles. The fraction of sp³-hybridized carbons (Fsp3) is 0.279. The van der Waals surface area contributed by atoms with Crippen LogP contribution < -0.4 is 14.5 Å². The van der Waals surface area contributed by atoms with Crippen LogP contribution in [0, 0.1) is 36.0 Å². The van der Waals surface area contributed by atoms with Gasteiger partial charge in [-0.15, -0.1) is 11.3 Å². The molecule has 4 aliphatic rings. The molecule has 9 rings (SSSR count). The van der Waals surface area contributed by atoms with Gasteiger partial charge in [0, 0.05) is 28.8 Å². The van der Waals surface area contributed by atoms with E-state index in [0.717, 1.165) is 31.7 Å². The Bertz CT molecular complexity index is 2610.